The minimum Gasteiger partial charge on any atom is -0.493 e. The van der Waals surface area contributed by atoms with Crippen LogP contribution in [0.5, 0.6) is 5.75 Å². The van der Waals surface area contributed by atoms with E-state index in [0.717, 1.165) is 37.6 Å². The number of para-hydroxylation sites is 1. The second-order valence-electron chi connectivity index (χ2n) is 6.32. The second kappa shape index (κ2) is 6.92. The van der Waals surface area contributed by atoms with E-state index < -0.39 is 0 Å². The SMILES string of the molecule is O=c1n(-c2ccccc2Cl)cnn1-c1cc2c(s1)-c1ccc(Br)cc1OCC2. The Balaban J connectivity index is 1.63. The molecule has 5 nitrogen and oxygen atoms in total. The summed E-state index contributed by atoms with van der Waals surface area (Å²) < 4.78 is 9.74. The fraction of sp³-hybridized carbons (Fsp3) is 0.100. The minimum atomic E-state index is -0.253. The molecule has 0 unspecified atom stereocenters. The Morgan fingerprint density at radius 2 is 2.04 bits per heavy atom. The number of aromatic nitrogens is 3. The van der Waals surface area contributed by atoms with Crippen LogP contribution in [0.2, 0.25) is 5.02 Å². The number of hydrogen-bond acceptors (Lipinski definition) is 4. The lowest BCUT2D eigenvalue weighted by Gasteiger charge is -2.07. The molecule has 0 aliphatic carbocycles. The first kappa shape index (κ1) is 17.7. The molecule has 0 fully saturated rings. The van der Waals surface area contributed by atoms with Gasteiger partial charge in [-0.3, -0.25) is 0 Å². The largest absolute Gasteiger partial charge is 0.493 e. The van der Waals surface area contributed by atoms with Crippen LogP contribution in [-0.4, -0.2) is 21.0 Å². The fourth-order valence-electron chi connectivity index (χ4n) is 3.27. The van der Waals surface area contributed by atoms with Gasteiger partial charge >= 0.3 is 5.69 Å². The van der Waals surface area contributed by atoms with E-state index in [0.29, 0.717) is 17.3 Å². The molecule has 3 heterocycles. The van der Waals surface area contributed by atoms with Crippen LogP contribution in [0.3, 0.4) is 0 Å². The van der Waals surface area contributed by atoms with Crippen LogP contribution in [-0.2, 0) is 6.42 Å². The zero-order chi connectivity index (χ0) is 19.3. The van der Waals surface area contributed by atoms with Crippen LogP contribution in [0, 0.1) is 0 Å². The normalized spacial score (nSPS) is 12.8. The molecule has 0 N–H and O–H groups in total. The van der Waals surface area contributed by atoms with E-state index in [-0.39, 0.29) is 5.69 Å². The molecule has 5 rings (SSSR count). The van der Waals surface area contributed by atoms with Crippen molar-refractivity contribution in [2.75, 3.05) is 6.61 Å². The smallest absolute Gasteiger partial charge is 0.355 e. The highest BCUT2D eigenvalue weighted by Crippen LogP contribution is 2.42. The Bertz CT molecular complexity index is 1260. The molecule has 2 aromatic heterocycles. The number of nitrogens with zero attached hydrogens (tertiary/aromatic N) is 3. The number of hydrogen-bond donors (Lipinski definition) is 0. The summed E-state index contributed by atoms with van der Waals surface area (Å²) in [5, 5.41) is 5.60. The van der Waals surface area contributed by atoms with Gasteiger partial charge in [0.15, 0.2) is 0 Å². The molecule has 0 saturated heterocycles. The lowest BCUT2D eigenvalue weighted by Crippen LogP contribution is -2.22. The number of ether oxygens (including phenoxy) is 1. The number of halogens is 2. The average molecular weight is 475 g/mol. The maximum Gasteiger partial charge on any atom is 0.355 e. The Labute approximate surface area is 177 Å². The molecular weight excluding hydrogens is 462 g/mol. The summed E-state index contributed by atoms with van der Waals surface area (Å²) in [6, 6.07) is 15.2. The van der Waals surface area contributed by atoms with Crippen molar-refractivity contribution in [3.8, 4) is 26.9 Å². The molecule has 0 spiro atoms. The third-order valence-corrected chi connectivity index (χ3v) is 6.60. The van der Waals surface area contributed by atoms with E-state index >= 15 is 0 Å². The average Bonchev–Trinajstić information content (AvgIpc) is 3.22. The van der Waals surface area contributed by atoms with Crippen molar-refractivity contribution >= 4 is 38.9 Å². The van der Waals surface area contributed by atoms with Gasteiger partial charge in [0.25, 0.3) is 0 Å². The summed E-state index contributed by atoms with van der Waals surface area (Å²) in [7, 11) is 0. The highest BCUT2D eigenvalue weighted by Gasteiger charge is 2.21. The van der Waals surface area contributed by atoms with Gasteiger partial charge in [0.1, 0.15) is 17.1 Å². The quantitative estimate of drug-likeness (QED) is 0.406. The number of benzene rings is 2. The van der Waals surface area contributed by atoms with Crippen LogP contribution < -0.4 is 10.4 Å². The molecule has 8 heteroatoms. The molecule has 0 saturated carbocycles. The summed E-state index contributed by atoms with van der Waals surface area (Å²) in [5.41, 5.74) is 2.55. The highest BCUT2D eigenvalue weighted by atomic mass is 79.9. The number of thiophene rings is 1. The Morgan fingerprint density at radius 1 is 1.18 bits per heavy atom. The van der Waals surface area contributed by atoms with Crippen LogP contribution in [0.1, 0.15) is 5.56 Å². The molecule has 140 valence electrons. The summed E-state index contributed by atoms with van der Waals surface area (Å²) in [4.78, 5) is 14.1. The highest BCUT2D eigenvalue weighted by molar-refractivity contribution is 9.10. The molecule has 1 aliphatic rings. The van der Waals surface area contributed by atoms with E-state index in [9.17, 15) is 4.79 Å². The second-order valence-corrected chi connectivity index (χ2v) is 8.68. The molecule has 2 aromatic carbocycles. The first-order chi connectivity index (χ1) is 13.6. The van der Waals surface area contributed by atoms with Crippen molar-refractivity contribution < 1.29 is 4.74 Å². The van der Waals surface area contributed by atoms with Gasteiger partial charge in [-0.05, 0) is 42.0 Å². The van der Waals surface area contributed by atoms with E-state index in [2.05, 4.69) is 21.0 Å². The van der Waals surface area contributed by atoms with E-state index in [1.165, 1.54) is 26.9 Å². The van der Waals surface area contributed by atoms with Gasteiger partial charge in [0.2, 0.25) is 0 Å². The van der Waals surface area contributed by atoms with Crippen LogP contribution in [0.25, 0.3) is 21.1 Å². The zero-order valence-electron chi connectivity index (χ0n) is 14.4. The maximum atomic E-state index is 13.0. The lowest BCUT2D eigenvalue weighted by atomic mass is 10.1. The van der Waals surface area contributed by atoms with Gasteiger partial charge < -0.3 is 4.74 Å². The van der Waals surface area contributed by atoms with Crippen molar-refractivity contribution in [3.63, 3.8) is 0 Å². The zero-order valence-corrected chi connectivity index (χ0v) is 17.6. The molecular formula is C20H13BrClN3O2S. The van der Waals surface area contributed by atoms with Crippen LogP contribution in [0.15, 0.2) is 64.1 Å². The van der Waals surface area contributed by atoms with E-state index in [1.54, 1.807) is 12.1 Å². The predicted octanol–water partition coefficient (Wildman–Crippen LogP) is 5.10. The summed E-state index contributed by atoms with van der Waals surface area (Å²) in [6.07, 6.45) is 2.28. The van der Waals surface area contributed by atoms with Crippen LogP contribution in [0.4, 0.5) is 0 Å². The van der Waals surface area contributed by atoms with E-state index in [1.807, 2.05) is 36.4 Å². The molecule has 1 aliphatic heterocycles. The van der Waals surface area contributed by atoms with E-state index in [4.69, 9.17) is 16.3 Å². The van der Waals surface area contributed by atoms with Crippen molar-refractivity contribution in [2.24, 2.45) is 0 Å². The van der Waals surface area contributed by atoms with Gasteiger partial charge in [0, 0.05) is 21.3 Å². The summed E-state index contributed by atoms with van der Waals surface area (Å²) in [6.45, 7) is 0.593. The van der Waals surface area contributed by atoms with Crippen molar-refractivity contribution in [1.82, 2.24) is 14.3 Å². The third kappa shape index (κ3) is 2.90. The van der Waals surface area contributed by atoms with Gasteiger partial charge in [0.05, 0.1) is 17.3 Å². The molecule has 4 aromatic rings. The summed E-state index contributed by atoms with van der Waals surface area (Å²) >= 11 is 11.3. The van der Waals surface area contributed by atoms with Crippen molar-refractivity contribution in [3.05, 3.63) is 80.4 Å². The number of rotatable bonds is 2. The fourth-order valence-corrected chi connectivity index (χ4v) is 5.03. The molecule has 0 amide bonds. The first-order valence-corrected chi connectivity index (χ1v) is 10.6. The molecule has 0 radical (unpaired) electrons. The molecule has 0 atom stereocenters. The lowest BCUT2D eigenvalue weighted by molar-refractivity contribution is 0.326. The van der Waals surface area contributed by atoms with Crippen molar-refractivity contribution in [2.45, 2.75) is 6.42 Å². The molecule has 28 heavy (non-hydrogen) atoms. The monoisotopic (exact) mass is 473 g/mol. The van der Waals surface area contributed by atoms with Crippen LogP contribution >= 0.6 is 38.9 Å². The summed E-state index contributed by atoms with van der Waals surface area (Å²) in [5.74, 6) is 0.843. The van der Waals surface area contributed by atoms with Crippen molar-refractivity contribution in [1.29, 1.82) is 0 Å². The Hall–Kier alpha value is -2.35. The van der Waals surface area contributed by atoms with Gasteiger partial charge in [-0.15, -0.1) is 11.3 Å². The Kier molecular flexibility index (Phi) is 4.38. The predicted molar refractivity (Wildman–Crippen MR) is 114 cm³/mol. The Morgan fingerprint density at radius 3 is 2.89 bits per heavy atom. The third-order valence-electron chi connectivity index (χ3n) is 4.60. The topological polar surface area (TPSA) is 49.0 Å². The standard InChI is InChI=1S/C20H13BrClN3O2S/c21-13-5-6-14-17(10-13)27-8-7-12-9-18(28-19(12)14)25-20(26)24(11-23-25)16-4-2-1-3-15(16)22/h1-6,9-11H,7-8H2. The van der Waals surface area contributed by atoms with Gasteiger partial charge in [-0.25, -0.2) is 9.36 Å². The van der Waals surface area contributed by atoms with Gasteiger partial charge in [-0.2, -0.15) is 9.78 Å². The number of fused-ring (bicyclic) bond motifs is 3. The minimum absolute atomic E-state index is 0.253. The first-order valence-electron chi connectivity index (χ1n) is 8.59. The molecule has 0 bridgehead atoms. The van der Waals surface area contributed by atoms with Gasteiger partial charge in [-0.1, -0.05) is 39.7 Å². The maximum absolute atomic E-state index is 13.0.